The first-order valence-corrected chi connectivity index (χ1v) is 9.10. The van der Waals surface area contributed by atoms with Crippen LogP contribution in [0.4, 0.5) is 0 Å². The smallest absolute Gasteiger partial charge is 0.119 e. The Bertz CT molecular complexity index is 419. The lowest BCUT2D eigenvalue weighted by atomic mass is 9.95. The van der Waals surface area contributed by atoms with E-state index in [0.717, 1.165) is 11.0 Å². The first-order valence-electron chi connectivity index (χ1n) is 7.81. The molecule has 1 fully saturated rings. The van der Waals surface area contributed by atoms with E-state index >= 15 is 0 Å². The highest BCUT2D eigenvalue weighted by atomic mass is 32.2. The summed E-state index contributed by atoms with van der Waals surface area (Å²) in [4.78, 5) is 0. The van der Waals surface area contributed by atoms with Crippen molar-refractivity contribution >= 4 is 11.8 Å². The maximum atomic E-state index is 10.0. The van der Waals surface area contributed by atoms with Crippen molar-refractivity contribution in [1.29, 1.82) is 0 Å². The van der Waals surface area contributed by atoms with Gasteiger partial charge in [0.1, 0.15) is 18.5 Å². The lowest BCUT2D eigenvalue weighted by molar-refractivity contribution is 0.102. The summed E-state index contributed by atoms with van der Waals surface area (Å²) in [6.07, 6.45) is 6.76. The van der Waals surface area contributed by atoms with Gasteiger partial charge in [-0.3, -0.25) is 0 Å². The van der Waals surface area contributed by atoms with Crippen molar-refractivity contribution in [1.82, 2.24) is 5.32 Å². The SMILES string of the molecule is CSC1CCC(NCC(O)COc2cccc(C)c2)CC1. The molecule has 1 aliphatic carbocycles. The van der Waals surface area contributed by atoms with Gasteiger partial charge in [0, 0.05) is 17.8 Å². The van der Waals surface area contributed by atoms with Gasteiger partial charge in [-0.2, -0.15) is 11.8 Å². The van der Waals surface area contributed by atoms with Crippen LogP contribution in [0.25, 0.3) is 0 Å². The van der Waals surface area contributed by atoms with Gasteiger partial charge in [0.25, 0.3) is 0 Å². The number of aliphatic hydroxyl groups is 1. The number of hydrogen-bond donors (Lipinski definition) is 2. The Morgan fingerprint density at radius 2 is 2.10 bits per heavy atom. The summed E-state index contributed by atoms with van der Waals surface area (Å²) in [5, 5.41) is 14.3. The minimum absolute atomic E-state index is 0.344. The van der Waals surface area contributed by atoms with Crippen LogP contribution in [0.5, 0.6) is 5.75 Å². The average Bonchev–Trinajstić information content (AvgIpc) is 2.51. The Morgan fingerprint density at radius 1 is 1.33 bits per heavy atom. The van der Waals surface area contributed by atoms with E-state index in [1.807, 2.05) is 43.0 Å². The second-order valence-electron chi connectivity index (χ2n) is 5.90. The van der Waals surface area contributed by atoms with Gasteiger partial charge in [0.15, 0.2) is 0 Å². The van der Waals surface area contributed by atoms with Gasteiger partial charge >= 0.3 is 0 Å². The molecule has 0 spiro atoms. The Labute approximate surface area is 132 Å². The van der Waals surface area contributed by atoms with Crippen LogP contribution < -0.4 is 10.1 Å². The Hall–Kier alpha value is -0.710. The van der Waals surface area contributed by atoms with Crippen LogP contribution in [-0.2, 0) is 0 Å². The fourth-order valence-electron chi connectivity index (χ4n) is 2.76. The number of rotatable bonds is 7. The third-order valence-electron chi connectivity index (χ3n) is 4.08. The maximum absolute atomic E-state index is 10.0. The summed E-state index contributed by atoms with van der Waals surface area (Å²) < 4.78 is 5.63. The molecule has 0 saturated heterocycles. The van der Waals surface area contributed by atoms with Crippen molar-refractivity contribution in [3.05, 3.63) is 29.8 Å². The fraction of sp³-hybridized carbons (Fsp3) is 0.647. The van der Waals surface area contributed by atoms with Gasteiger partial charge in [-0.25, -0.2) is 0 Å². The van der Waals surface area contributed by atoms with Crippen molar-refractivity contribution in [2.45, 2.75) is 50.0 Å². The molecule has 1 aliphatic rings. The predicted molar refractivity (Wildman–Crippen MR) is 90.2 cm³/mol. The summed E-state index contributed by atoms with van der Waals surface area (Å²) in [7, 11) is 0. The number of hydrogen-bond acceptors (Lipinski definition) is 4. The second kappa shape index (κ2) is 8.66. The highest BCUT2D eigenvalue weighted by molar-refractivity contribution is 7.99. The topological polar surface area (TPSA) is 41.5 Å². The number of thioether (sulfide) groups is 1. The molecule has 2 rings (SSSR count). The van der Waals surface area contributed by atoms with E-state index in [2.05, 4.69) is 11.6 Å². The number of nitrogens with one attached hydrogen (secondary N) is 1. The summed E-state index contributed by atoms with van der Waals surface area (Å²) in [5.41, 5.74) is 1.17. The average molecular weight is 309 g/mol. The van der Waals surface area contributed by atoms with Crippen LogP contribution in [0.1, 0.15) is 31.2 Å². The Morgan fingerprint density at radius 3 is 2.76 bits per heavy atom. The molecule has 0 bridgehead atoms. The van der Waals surface area contributed by atoms with Gasteiger partial charge in [-0.1, -0.05) is 12.1 Å². The molecule has 0 aromatic heterocycles. The predicted octanol–water partition coefficient (Wildman–Crippen LogP) is 3.00. The van der Waals surface area contributed by atoms with Crippen molar-refractivity contribution in [2.24, 2.45) is 0 Å². The molecular weight excluding hydrogens is 282 g/mol. The number of aryl methyl sites for hydroxylation is 1. The Kier molecular flexibility index (Phi) is 6.87. The largest absolute Gasteiger partial charge is 0.491 e. The minimum Gasteiger partial charge on any atom is -0.491 e. The maximum Gasteiger partial charge on any atom is 0.119 e. The quantitative estimate of drug-likeness (QED) is 0.812. The van der Waals surface area contributed by atoms with Gasteiger partial charge in [-0.15, -0.1) is 0 Å². The van der Waals surface area contributed by atoms with Crippen molar-refractivity contribution in [2.75, 3.05) is 19.4 Å². The van der Waals surface area contributed by atoms with Gasteiger partial charge < -0.3 is 15.2 Å². The van der Waals surface area contributed by atoms with Gasteiger partial charge in [0.05, 0.1) is 0 Å². The zero-order valence-electron chi connectivity index (χ0n) is 13.0. The van der Waals surface area contributed by atoms with Crippen LogP contribution in [0.3, 0.4) is 0 Å². The van der Waals surface area contributed by atoms with E-state index in [1.165, 1.54) is 31.2 Å². The molecule has 0 heterocycles. The van der Waals surface area contributed by atoms with Crippen LogP contribution in [0, 0.1) is 6.92 Å². The molecule has 2 N–H and O–H groups in total. The molecule has 1 saturated carbocycles. The van der Waals surface area contributed by atoms with E-state index in [1.54, 1.807) is 0 Å². The van der Waals surface area contributed by atoms with E-state index in [0.29, 0.717) is 19.2 Å². The van der Waals surface area contributed by atoms with Crippen molar-refractivity contribution < 1.29 is 9.84 Å². The highest BCUT2D eigenvalue weighted by Crippen LogP contribution is 2.26. The molecule has 0 amide bonds. The summed E-state index contributed by atoms with van der Waals surface area (Å²) in [6.45, 7) is 2.99. The third kappa shape index (κ3) is 5.89. The molecule has 118 valence electrons. The van der Waals surface area contributed by atoms with Crippen LogP contribution in [0.2, 0.25) is 0 Å². The van der Waals surface area contributed by atoms with Crippen molar-refractivity contribution in [3.63, 3.8) is 0 Å². The first-order chi connectivity index (χ1) is 10.2. The zero-order chi connectivity index (χ0) is 15.1. The number of benzene rings is 1. The molecule has 21 heavy (non-hydrogen) atoms. The van der Waals surface area contributed by atoms with Gasteiger partial charge in [0.2, 0.25) is 0 Å². The molecule has 0 radical (unpaired) electrons. The van der Waals surface area contributed by atoms with E-state index in [4.69, 9.17) is 4.74 Å². The molecule has 3 nitrogen and oxygen atoms in total. The number of aliphatic hydroxyl groups excluding tert-OH is 1. The fourth-order valence-corrected chi connectivity index (χ4v) is 3.51. The summed E-state index contributed by atoms with van der Waals surface area (Å²) in [6, 6.07) is 8.48. The van der Waals surface area contributed by atoms with E-state index in [-0.39, 0.29) is 0 Å². The van der Waals surface area contributed by atoms with Crippen LogP contribution in [0.15, 0.2) is 24.3 Å². The number of ether oxygens (including phenoxy) is 1. The van der Waals surface area contributed by atoms with E-state index < -0.39 is 6.10 Å². The zero-order valence-corrected chi connectivity index (χ0v) is 13.9. The minimum atomic E-state index is -0.455. The molecular formula is C17H27NO2S. The standard InChI is InChI=1S/C17H27NO2S/c1-13-4-3-5-16(10-13)20-12-15(19)11-18-14-6-8-17(21-2)9-7-14/h3-5,10,14-15,17-19H,6-9,11-12H2,1-2H3. The molecule has 0 aliphatic heterocycles. The molecule has 1 aromatic carbocycles. The monoisotopic (exact) mass is 309 g/mol. The van der Waals surface area contributed by atoms with Crippen LogP contribution >= 0.6 is 11.8 Å². The third-order valence-corrected chi connectivity index (χ3v) is 5.22. The van der Waals surface area contributed by atoms with Crippen molar-refractivity contribution in [3.8, 4) is 5.75 Å². The lowest BCUT2D eigenvalue weighted by Gasteiger charge is -2.28. The summed E-state index contributed by atoms with van der Waals surface area (Å²) >= 11 is 1.98. The van der Waals surface area contributed by atoms with E-state index in [9.17, 15) is 5.11 Å². The second-order valence-corrected chi connectivity index (χ2v) is 7.04. The molecule has 1 unspecified atom stereocenters. The summed E-state index contributed by atoms with van der Waals surface area (Å²) in [5.74, 6) is 0.828. The lowest BCUT2D eigenvalue weighted by Crippen LogP contribution is -2.40. The normalized spacial score (nSPS) is 23.8. The molecule has 1 atom stereocenters. The Balaban J connectivity index is 1.62. The highest BCUT2D eigenvalue weighted by Gasteiger charge is 2.20. The van der Waals surface area contributed by atoms with Gasteiger partial charge in [-0.05, 0) is 56.6 Å². The molecule has 4 heteroatoms. The molecule has 1 aromatic rings. The first kappa shape index (κ1) is 16.7. The van der Waals surface area contributed by atoms with Crippen LogP contribution in [-0.4, -0.2) is 41.9 Å².